The van der Waals surface area contributed by atoms with Gasteiger partial charge in [-0.25, -0.2) is 0 Å². The van der Waals surface area contributed by atoms with E-state index < -0.39 is 0 Å². The highest BCUT2D eigenvalue weighted by molar-refractivity contribution is 4.79. The van der Waals surface area contributed by atoms with Crippen LogP contribution >= 0.6 is 0 Å². The van der Waals surface area contributed by atoms with Crippen LogP contribution in [-0.2, 0) is 4.74 Å². The number of nitrogens with one attached hydrogen (secondary N) is 1. The van der Waals surface area contributed by atoms with E-state index in [4.69, 9.17) is 4.74 Å². The third kappa shape index (κ3) is 98.9. The smallest absolute Gasteiger partial charge is 0.0590 e. The van der Waals surface area contributed by atoms with E-state index in [2.05, 4.69) is 25.1 Å². The Balaban J connectivity index is -0.0000000743. The fourth-order valence-electron chi connectivity index (χ4n) is 0.436. The lowest BCUT2D eigenvalue weighted by atomic mass is 10.4. The number of ether oxygens (including phenoxy) is 1. The summed E-state index contributed by atoms with van der Waals surface area (Å²) in [5, 5.41) is 2.98. The second-order valence-corrected chi connectivity index (χ2v) is 2.52. The van der Waals surface area contributed by atoms with Crippen LogP contribution in [0.5, 0.6) is 0 Å². The minimum absolute atomic E-state index is 0.821. The normalized spacial score (nSPS) is 6.88. The number of allylic oxidation sites excluding steroid dienone is 3. The SMILES string of the molecule is C=CC.C=CCC=C.CC.CCOCCNC. The molecule has 104 valence electrons. The largest absolute Gasteiger partial charge is 0.380 e. The molecule has 0 saturated heterocycles. The van der Waals surface area contributed by atoms with Gasteiger partial charge < -0.3 is 10.1 Å². The minimum atomic E-state index is 0.821. The summed E-state index contributed by atoms with van der Waals surface area (Å²) in [5.41, 5.74) is 0. The molecule has 0 aromatic heterocycles. The van der Waals surface area contributed by atoms with Gasteiger partial charge >= 0.3 is 0 Å². The van der Waals surface area contributed by atoms with Gasteiger partial charge in [0.2, 0.25) is 0 Å². The first-order valence-corrected chi connectivity index (χ1v) is 6.26. The van der Waals surface area contributed by atoms with Crippen LogP contribution in [0.3, 0.4) is 0 Å². The zero-order chi connectivity index (χ0) is 14.4. The van der Waals surface area contributed by atoms with Gasteiger partial charge in [-0.05, 0) is 27.3 Å². The van der Waals surface area contributed by atoms with Gasteiger partial charge in [0, 0.05) is 13.2 Å². The molecule has 0 rings (SSSR count). The van der Waals surface area contributed by atoms with Gasteiger partial charge in [0.15, 0.2) is 0 Å². The van der Waals surface area contributed by atoms with Gasteiger partial charge in [-0.3, -0.25) is 0 Å². The summed E-state index contributed by atoms with van der Waals surface area (Å²) in [6.07, 6.45) is 6.29. The van der Waals surface area contributed by atoms with Gasteiger partial charge in [-0.2, -0.15) is 0 Å². The predicted octanol–water partition coefficient (Wildman–Crippen LogP) is 4.21. The van der Waals surface area contributed by atoms with E-state index in [9.17, 15) is 0 Å². The standard InChI is InChI=1S/C5H13NO.C5H8.C3H6.C2H6/c1-3-7-5-4-6-2;1-3-5-4-2;1-3-2;1-2/h6H,3-5H2,1-2H3;3-4H,1-2,5H2;3H,1H2,2H3;1-2H3. The topological polar surface area (TPSA) is 21.3 Å². The van der Waals surface area contributed by atoms with Crippen molar-refractivity contribution >= 4 is 0 Å². The van der Waals surface area contributed by atoms with Crippen LogP contribution in [0.4, 0.5) is 0 Å². The molecule has 0 atom stereocenters. The molecular formula is C15H33NO. The van der Waals surface area contributed by atoms with Crippen molar-refractivity contribution in [1.82, 2.24) is 5.32 Å². The predicted molar refractivity (Wildman–Crippen MR) is 82.6 cm³/mol. The van der Waals surface area contributed by atoms with E-state index in [0.717, 1.165) is 26.2 Å². The molecule has 17 heavy (non-hydrogen) atoms. The molecule has 2 heteroatoms. The molecule has 1 N–H and O–H groups in total. The summed E-state index contributed by atoms with van der Waals surface area (Å²) in [6.45, 7) is 20.8. The quantitative estimate of drug-likeness (QED) is 0.557. The van der Waals surface area contributed by atoms with Crippen molar-refractivity contribution in [2.75, 3.05) is 26.8 Å². The fraction of sp³-hybridized carbons (Fsp3) is 0.600. The molecule has 0 aliphatic heterocycles. The summed E-state index contributed by atoms with van der Waals surface area (Å²) >= 11 is 0. The Labute approximate surface area is 109 Å². The maximum absolute atomic E-state index is 5.01. The third-order valence-corrected chi connectivity index (χ3v) is 1.03. The average Bonchev–Trinajstić information content (AvgIpc) is 2.35. The Morgan fingerprint density at radius 3 is 1.71 bits per heavy atom. The third-order valence-electron chi connectivity index (χ3n) is 1.03. The lowest BCUT2D eigenvalue weighted by Crippen LogP contribution is -2.13. The average molecular weight is 243 g/mol. The van der Waals surface area contributed by atoms with Crippen molar-refractivity contribution in [2.45, 2.75) is 34.1 Å². The van der Waals surface area contributed by atoms with E-state index in [1.807, 2.05) is 46.9 Å². The number of rotatable bonds is 6. The van der Waals surface area contributed by atoms with E-state index in [0.29, 0.717) is 0 Å². The van der Waals surface area contributed by atoms with Crippen LogP contribution < -0.4 is 5.32 Å². The van der Waals surface area contributed by atoms with Crippen molar-refractivity contribution in [3.8, 4) is 0 Å². The van der Waals surface area contributed by atoms with E-state index >= 15 is 0 Å². The van der Waals surface area contributed by atoms with Crippen LogP contribution in [-0.4, -0.2) is 26.8 Å². The summed E-state index contributed by atoms with van der Waals surface area (Å²) in [7, 11) is 1.92. The van der Waals surface area contributed by atoms with Crippen LogP contribution in [0, 0.1) is 0 Å². The Bertz CT molecular complexity index is 112. The van der Waals surface area contributed by atoms with Gasteiger partial charge in [-0.1, -0.05) is 32.1 Å². The summed E-state index contributed by atoms with van der Waals surface area (Å²) in [6, 6.07) is 0. The molecular weight excluding hydrogens is 210 g/mol. The molecule has 0 amide bonds. The second-order valence-electron chi connectivity index (χ2n) is 2.52. The molecule has 2 nitrogen and oxygen atoms in total. The first kappa shape index (κ1) is 25.1. The maximum Gasteiger partial charge on any atom is 0.0590 e. The minimum Gasteiger partial charge on any atom is -0.380 e. The van der Waals surface area contributed by atoms with Gasteiger partial charge in [0.05, 0.1) is 6.61 Å². The molecule has 0 radical (unpaired) electrons. The van der Waals surface area contributed by atoms with E-state index in [-0.39, 0.29) is 0 Å². The van der Waals surface area contributed by atoms with Gasteiger partial charge in [0.1, 0.15) is 0 Å². The van der Waals surface area contributed by atoms with Crippen LogP contribution in [0.15, 0.2) is 38.0 Å². The Morgan fingerprint density at radius 1 is 1.12 bits per heavy atom. The molecule has 0 unspecified atom stereocenters. The first-order chi connectivity index (χ1) is 8.24. The molecule has 0 fully saturated rings. The van der Waals surface area contributed by atoms with Crippen molar-refractivity contribution in [3.05, 3.63) is 38.0 Å². The highest BCUT2D eigenvalue weighted by atomic mass is 16.5. The summed E-state index contributed by atoms with van der Waals surface area (Å²) < 4.78 is 5.01. The van der Waals surface area contributed by atoms with Crippen molar-refractivity contribution < 1.29 is 4.74 Å². The van der Waals surface area contributed by atoms with Crippen LogP contribution in [0.1, 0.15) is 34.1 Å². The molecule has 0 aromatic carbocycles. The lowest BCUT2D eigenvalue weighted by molar-refractivity contribution is 0.151. The summed E-state index contributed by atoms with van der Waals surface area (Å²) in [5.74, 6) is 0. The zero-order valence-corrected chi connectivity index (χ0v) is 12.6. The number of hydrogen-bond donors (Lipinski definition) is 1. The lowest BCUT2D eigenvalue weighted by Gasteiger charge is -1.96. The van der Waals surface area contributed by atoms with Crippen molar-refractivity contribution in [3.63, 3.8) is 0 Å². The number of likely N-dealkylation sites (N-methyl/N-ethyl adjacent to an activating group) is 1. The molecule has 0 saturated carbocycles. The van der Waals surface area contributed by atoms with Gasteiger partial charge in [0.25, 0.3) is 0 Å². The molecule has 0 heterocycles. The van der Waals surface area contributed by atoms with Crippen molar-refractivity contribution in [2.24, 2.45) is 0 Å². The van der Waals surface area contributed by atoms with Crippen LogP contribution in [0.2, 0.25) is 0 Å². The Hall–Kier alpha value is -0.860. The molecule has 0 spiro atoms. The zero-order valence-electron chi connectivity index (χ0n) is 12.6. The molecule has 0 bridgehead atoms. The highest BCUT2D eigenvalue weighted by Crippen LogP contribution is 1.73. The van der Waals surface area contributed by atoms with E-state index in [1.165, 1.54) is 0 Å². The Morgan fingerprint density at radius 2 is 1.53 bits per heavy atom. The fourth-order valence-corrected chi connectivity index (χ4v) is 0.436. The summed E-state index contributed by atoms with van der Waals surface area (Å²) in [4.78, 5) is 0. The van der Waals surface area contributed by atoms with Crippen molar-refractivity contribution in [1.29, 1.82) is 0 Å². The molecule has 0 aliphatic rings. The van der Waals surface area contributed by atoms with E-state index in [1.54, 1.807) is 6.08 Å². The highest BCUT2D eigenvalue weighted by Gasteiger charge is 1.77. The first-order valence-electron chi connectivity index (χ1n) is 6.26. The maximum atomic E-state index is 5.01. The Kier molecular flexibility index (Phi) is 67.5. The van der Waals surface area contributed by atoms with Crippen LogP contribution in [0.25, 0.3) is 0 Å². The monoisotopic (exact) mass is 243 g/mol. The second kappa shape index (κ2) is 45.7. The number of hydrogen-bond acceptors (Lipinski definition) is 2. The van der Waals surface area contributed by atoms with Gasteiger partial charge in [-0.15, -0.1) is 19.7 Å². The molecule has 0 aliphatic carbocycles. The molecule has 0 aromatic rings.